The summed E-state index contributed by atoms with van der Waals surface area (Å²) in [5, 5.41) is 0. The van der Waals surface area contributed by atoms with Gasteiger partial charge in [-0.3, -0.25) is 9.69 Å². The maximum absolute atomic E-state index is 12.4. The van der Waals surface area contributed by atoms with E-state index in [1.807, 2.05) is 0 Å². The maximum Gasteiger partial charge on any atom is 0.573 e. The molecule has 30 heavy (non-hydrogen) atoms. The van der Waals surface area contributed by atoms with Crippen molar-refractivity contribution >= 4 is 15.9 Å². The lowest BCUT2D eigenvalue weighted by Crippen LogP contribution is -2.51. The van der Waals surface area contributed by atoms with Crippen LogP contribution < -0.4 is 9.46 Å². The molecule has 0 bridgehead atoms. The molecule has 11 heteroatoms. The van der Waals surface area contributed by atoms with E-state index in [0.29, 0.717) is 19.1 Å². The van der Waals surface area contributed by atoms with Crippen LogP contribution in [0.3, 0.4) is 0 Å². The van der Waals surface area contributed by atoms with Crippen molar-refractivity contribution in [3.8, 4) is 5.75 Å². The first-order valence-corrected chi connectivity index (χ1v) is 11.5. The van der Waals surface area contributed by atoms with Gasteiger partial charge < -0.3 is 9.64 Å². The Hall–Kier alpha value is -1.85. The molecule has 1 aromatic rings. The largest absolute Gasteiger partial charge is 0.573 e. The smallest absolute Gasteiger partial charge is 0.406 e. The molecule has 2 fully saturated rings. The Labute approximate surface area is 174 Å². The Kier molecular flexibility index (Phi) is 7.25. The van der Waals surface area contributed by atoms with Gasteiger partial charge in [-0.05, 0) is 37.1 Å². The van der Waals surface area contributed by atoms with Crippen LogP contribution in [-0.4, -0.2) is 69.3 Å². The van der Waals surface area contributed by atoms with Crippen LogP contribution in [-0.2, 0) is 14.8 Å². The minimum Gasteiger partial charge on any atom is -0.406 e. The molecule has 3 rings (SSSR count). The highest BCUT2D eigenvalue weighted by atomic mass is 32.2. The zero-order chi connectivity index (χ0) is 21.8. The van der Waals surface area contributed by atoms with E-state index >= 15 is 0 Å². The predicted octanol–water partition coefficient (Wildman–Crippen LogP) is 2.34. The summed E-state index contributed by atoms with van der Waals surface area (Å²) in [5.74, 6) is -0.619. The molecule has 0 aromatic heterocycles. The van der Waals surface area contributed by atoms with E-state index in [2.05, 4.69) is 14.4 Å². The van der Waals surface area contributed by atoms with E-state index in [1.54, 1.807) is 4.90 Å². The van der Waals surface area contributed by atoms with Crippen LogP contribution in [0.4, 0.5) is 13.2 Å². The first-order valence-electron chi connectivity index (χ1n) is 10.0. The van der Waals surface area contributed by atoms with Gasteiger partial charge in [-0.2, -0.15) is 0 Å². The predicted molar refractivity (Wildman–Crippen MR) is 103 cm³/mol. The van der Waals surface area contributed by atoms with Crippen LogP contribution in [0.1, 0.15) is 32.1 Å². The van der Waals surface area contributed by atoms with Crippen molar-refractivity contribution in [2.45, 2.75) is 49.4 Å². The summed E-state index contributed by atoms with van der Waals surface area (Å²) in [4.78, 5) is 16.4. The number of nitrogens with zero attached hydrogens (tertiary/aromatic N) is 2. The number of ether oxygens (including phenoxy) is 1. The van der Waals surface area contributed by atoms with Crippen LogP contribution in [0.15, 0.2) is 29.2 Å². The first-order chi connectivity index (χ1) is 14.1. The quantitative estimate of drug-likeness (QED) is 0.691. The Morgan fingerprint density at radius 1 is 1.07 bits per heavy atom. The number of sulfonamides is 1. The monoisotopic (exact) mass is 449 g/mol. The van der Waals surface area contributed by atoms with E-state index in [0.717, 1.165) is 37.4 Å². The molecule has 7 nitrogen and oxygen atoms in total. The second-order valence-electron chi connectivity index (χ2n) is 7.52. The van der Waals surface area contributed by atoms with Crippen molar-refractivity contribution in [3.63, 3.8) is 0 Å². The standard InChI is InChI=1S/C19H26F3N3O4S/c20-19(21,22)29-16-5-7-17(8-6-16)30(27,28)23-10-9-18(26)25-13-11-24(12-14-25)15-3-1-2-4-15/h5-8,15,23H,1-4,9-14H2. The zero-order valence-corrected chi connectivity index (χ0v) is 17.3. The number of piperazine rings is 1. The lowest BCUT2D eigenvalue weighted by Gasteiger charge is -2.38. The molecule has 168 valence electrons. The number of benzene rings is 1. The number of hydrogen-bond donors (Lipinski definition) is 1. The number of carbonyl (C=O) groups is 1. The van der Waals surface area contributed by atoms with Gasteiger partial charge in [0.05, 0.1) is 4.90 Å². The summed E-state index contributed by atoms with van der Waals surface area (Å²) in [5.41, 5.74) is 0. The highest BCUT2D eigenvalue weighted by molar-refractivity contribution is 7.89. The fourth-order valence-electron chi connectivity index (χ4n) is 3.96. The summed E-state index contributed by atoms with van der Waals surface area (Å²) >= 11 is 0. The Morgan fingerprint density at radius 3 is 2.23 bits per heavy atom. The second kappa shape index (κ2) is 9.52. The number of alkyl halides is 3. The highest BCUT2D eigenvalue weighted by Gasteiger charge is 2.31. The molecule has 0 unspecified atom stereocenters. The molecule has 1 heterocycles. The molecular weight excluding hydrogens is 423 g/mol. The highest BCUT2D eigenvalue weighted by Crippen LogP contribution is 2.25. The molecule has 1 aromatic carbocycles. The molecule has 1 N–H and O–H groups in total. The van der Waals surface area contributed by atoms with Crippen LogP contribution in [0.25, 0.3) is 0 Å². The average molecular weight is 449 g/mol. The van der Waals surface area contributed by atoms with Gasteiger partial charge in [0, 0.05) is 45.2 Å². The van der Waals surface area contributed by atoms with Crippen molar-refractivity contribution < 1.29 is 31.1 Å². The van der Waals surface area contributed by atoms with E-state index in [9.17, 15) is 26.4 Å². The molecule has 2 aliphatic rings. The lowest BCUT2D eigenvalue weighted by molar-refractivity contribution is -0.274. The fraction of sp³-hybridized carbons (Fsp3) is 0.632. The normalized spacial score (nSPS) is 19.2. The van der Waals surface area contributed by atoms with Gasteiger partial charge >= 0.3 is 6.36 Å². The molecule has 0 radical (unpaired) electrons. The van der Waals surface area contributed by atoms with Gasteiger partial charge in [0.1, 0.15) is 5.75 Å². The summed E-state index contributed by atoms with van der Waals surface area (Å²) in [6.07, 6.45) is 0.154. The van der Waals surface area contributed by atoms with Gasteiger partial charge in [-0.25, -0.2) is 13.1 Å². The summed E-state index contributed by atoms with van der Waals surface area (Å²) in [6.45, 7) is 2.89. The average Bonchev–Trinajstić information content (AvgIpc) is 3.22. The van der Waals surface area contributed by atoms with Crippen LogP contribution in [0.5, 0.6) is 5.75 Å². The molecule has 1 aliphatic carbocycles. The lowest BCUT2D eigenvalue weighted by atomic mass is 10.1. The van der Waals surface area contributed by atoms with Crippen LogP contribution in [0.2, 0.25) is 0 Å². The Morgan fingerprint density at radius 2 is 1.67 bits per heavy atom. The maximum atomic E-state index is 12.4. The van der Waals surface area contributed by atoms with Crippen molar-refractivity contribution in [1.29, 1.82) is 0 Å². The third-order valence-electron chi connectivity index (χ3n) is 5.51. The third-order valence-corrected chi connectivity index (χ3v) is 6.98. The first kappa shape index (κ1) is 22.8. The minimum atomic E-state index is -4.85. The Balaban J connectivity index is 1.43. The van der Waals surface area contributed by atoms with E-state index in [1.165, 1.54) is 25.7 Å². The summed E-state index contributed by atoms with van der Waals surface area (Å²) in [6, 6.07) is 4.52. The van der Waals surface area contributed by atoms with E-state index < -0.39 is 22.1 Å². The number of hydrogen-bond acceptors (Lipinski definition) is 5. The van der Waals surface area contributed by atoms with E-state index in [4.69, 9.17) is 0 Å². The van der Waals surface area contributed by atoms with Gasteiger partial charge in [-0.1, -0.05) is 12.8 Å². The second-order valence-corrected chi connectivity index (χ2v) is 9.29. The number of rotatable bonds is 7. The van der Waals surface area contributed by atoms with Crippen LogP contribution >= 0.6 is 0 Å². The summed E-state index contributed by atoms with van der Waals surface area (Å²) in [7, 11) is -3.93. The molecule has 0 atom stereocenters. The third kappa shape index (κ3) is 6.32. The SMILES string of the molecule is O=C(CCNS(=O)(=O)c1ccc(OC(F)(F)F)cc1)N1CCN(C2CCCC2)CC1. The number of nitrogens with one attached hydrogen (secondary N) is 1. The molecule has 1 aliphatic heterocycles. The van der Waals surface area contributed by atoms with Gasteiger partial charge in [0.2, 0.25) is 15.9 Å². The van der Waals surface area contributed by atoms with Crippen molar-refractivity contribution in [3.05, 3.63) is 24.3 Å². The zero-order valence-electron chi connectivity index (χ0n) is 16.5. The molecular formula is C19H26F3N3O4S. The van der Waals surface area contributed by atoms with Crippen LogP contribution in [0, 0.1) is 0 Å². The number of carbonyl (C=O) groups excluding carboxylic acids is 1. The molecule has 1 saturated carbocycles. The van der Waals surface area contributed by atoms with Gasteiger partial charge in [-0.15, -0.1) is 13.2 Å². The fourth-order valence-corrected chi connectivity index (χ4v) is 4.99. The molecule has 1 saturated heterocycles. The molecule has 0 spiro atoms. The van der Waals surface area contributed by atoms with Gasteiger partial charge in [0.15, 0.2) is 0 Å². The summed E-state index contributed by atoms with van der Waals surface area (Å²) < 4.78 is 67.1. The number of halogens is 3. The van der Waals surface area contributed by atoms with Crippen molar-refractivity contribution in [2.75, 3.05) is 32.7 Å². The van der Waals surface area contributed by atoms with Crippen molar-refractivity contribution in [2.24, 2.45) is 0 Å². The molecule has 1 amide bonds. The van der Waals surface area contributed by atoms with Gasteiger partial charge in [0.25, 0.3) is 0 Å². The Bertz CT molecular complexity index is 816. The van der Waals surface area contributed by atoms with Crippen molar-refractivity contribution in [1.82, 2.24) is 14.5 Å². The minimum absolute atomic E-state index is 0.0257. The van der Waals surface area contributed by atoms with E-state index in [-0.39, 0.29) is 23.8 Å². The number of amides is 1. The topological polar surface area (TPSA) is 78.9 Å².